The van der Waals surface area contributed by atoms with Crippen molar-refractivity contribution in [1.29, 1.82) is 0 Å². The Morgan fingerprint density at radius 3 is 2.58 bits per heavy atom. The van der Waals surface area contributed by atoms with Gasteiger partial charge in [0.05, 0.1) is 11.9 Å². The second kappa shape index (κ2) is 6.60. The number of hydrogen-bond acceptors (Lipinski definition) is 3. The van der Waals surface area contributed by atoms with Crippen LogP contribution in [0.1, 0.15) is 31.4 Å². The molecule has 0 unspecified atom stereocenters. The number of aliphatic hydroxyl groups excluding tert-OH is 1. The molecule has 0 aliphatic rings. The highest BCUT2D eigenvalue weighted by molar-refractivity contribution is 7.93. The van der Waals surface area contributed by atoms with E-state index in [2.05, 4.69) is 16.6 Å². The predicted octanol–water partition coefficient (Wildman–Crippen LogP) is 1.88. The summed E-state index contributed by atoms with van der Waals surface area (Å²) in [5, 5.41) is 8.18. The first-order valence-electron chi connectivity index (χ1n) is 6.09. The van der Waals surface area contributed by atoms with E-state index in [0.717, 1.165) is 11.1 Å². The van der Waals surface area contributed by atoms with Crippen molar-refractivity contribution in [2.45, 2.75) is 32.4 Å². The lowest BCUT2D eigenvalue weighted by molar-refractivity contribution is 0.305. The minimum Gasteiger partial charge on any atom is -0.395 e. The van der Waals surface area contributed by atoms with Crippen LogP contribution < -0.4 is 4.72 Å². The number of sulfonamides is 1. The van der Waals surface area contributed by atoms with E-state index in [1.807, 2.05) is 6.92 Å². The van der Waals surface area contributed by atoms with Gasteiger partial charge in [-0.1, -0.05) is 11.8 Å². The summed E-state index contributed by atoms with van der Waals surface area (Å²) < 4.78 is 26.0. The van der Waals surface area contributed by atoms with Crippen LogP contribution in [-0.4, -0.2) is 25.4 Å². The lowest BCUT2D eigenvalue weighted by atomic mass is 10.1. The fourth-order valence-corrected chi connectivity index (χ4v) is 2.05. The summed E-state index contributed by atoms with van der Waals surface area (Å²) in [4.78, 5) is 0. The number of hydrogen-bond donors (Lipinski definition) is 2. The molecule has 0 heterocycles. The molecule has 19 heavy (non-hydrogen) atoms. The third-order valence-electron chi connectivity index (χ3n) is 2.57. The van der Waals surface area contributed by atoms with Gasteiger partial charge in [-0.2, -0.15) is 0 Å². The number of aliphatic hydroxyl groups is 1. The van der Waals surface area contributed by atoms with Gasteiger partial charge in [0, 0.05) is 17.7 Å². The number of rotatable bonds is 4. The normalized spacial score (nSPS) is 11.0. The molecule has 104 valence electrons. The maximum Gasteiger partial charge on any atom is 0.235 e. The van der Waals surface area contributed by atoms with Gasteiger partial charge in [-0.3, -0.25) is 4.72 Å². The van der Waals surface area contributed by atoms with Crippen LogP contribution in [0, 0.1) is 18.8 Å². The van der Waals surface area contributed by atoms with Crippen LogP contribution in [0.3, 0.4) is 0 Å². The molecule has 5 heteroatoms. The zero-order chi connectivity index (χ0) is 14.5. The average molecular weight is 281 g/mol. The predicted molar refractivity (Wildman–Crippen MR) is 77.4 cm³/mol. The van der Waals surface area contributed by atoms with Gasteiger partial charge in [-0.15, -0.1) is 0 Å². The Hall–Kier alpha value is -1.51. The molecule has 0 aromatic heterocycles. The van der Waals surface area contributed by atoms with E-state index in [-0.39, 0.29) is 6.61 Å². The molecule has 0 aliphatic heterocycles. The summed E-state index contributed by atoms with van der Waals surface area (Å²) >= 11 is 0. The van der Waals surface area contributed by atoms with Crippen LogP contribution in [-0.2, 0) is 10.0 Å². The SMILES string of the molecule is Cc1cc(NS(=O)(=O)C(C)C)ccc1C#CCCO. The Morgan fingerprint density at radius 1 is 1.37 bits per heavy atom. The van der Waals surface area contributed by atoms with E-state index < -0.39 is 15.3 Å². The van der Waals surface area contributed by atoms with Crippen LogP contribution in [0.4, 0.5) is 5.69 Å². The third kappa shape index (κ3) is 4.58. The maximum absolute atomic E-state index is 11.7. The molecule has 2 N–H and O–H groups in total. The van der Waals surface area contributed by atoms with Gasteiger partial charge in [-0.05, 0) is 44.5 Å². The second-order valence-electron chi connectivity index (χ2n) is 4.50. The zero-order valence-corrected chi connectivity index (χ0v) is 12.2. The quantitative estimate of drug-likeness (QED) is 0.828. The molecule has 0 aliphatic carbocycles. The van der Waals surface area contributed by atoms with Crippen molar-refractivity contribution < 1.29 is 13.5 Å². The van der Waals surface area contributed by atoms with Gasteiger partial charge in [0.1, 0.15) is 0 Å². The van der Waals surface area contributed by atoms with Crippen LogP contribution in [0.5, 0.6) is 0 Å². The van der Waals surface area contributed by atoms with Crippen molar-refractivity contribution in [2.75, 3.05) is 11.3 Å². The number of anilines is 1. The smallest absolute Gasteiger partial charge is 0.235 e. The molecule has 0 spiro atoms. The standard InChI is InChI=1S/C14H19NO3S/c1-11(2)19(17,18)15-14-8-7-13(12(3)10-14)6-4-5-9-16/h7-8,10-11,15-16H,5,9H2,1-3H3. The monoisotopic (exact) mass is 281 g/mol. The molecule has 0 amide bonds. The highest BCUT2D eigenvalue weighted by Crippen LogP contribution is 2.17. The fourth-order valence-electron chi connectivity index (χ4n) is 1.36. The van der Waals surface area contributed by atoms with Crippen molar-refractivity contribution in [3.63, 3.8) is 0 Å². The molecule has 4 nitrogen and oxygen atoms in total. The van der Waals surface area contributed by atoms with Gasteiger partial charge in [0.25, 0.3) is 0 Å². The van der Waals surface area contributed by atoms with Crippen LogP contribution in [0.25, 0.3) is 0 Å². The van der Waals surface area contributed by atoms with Crippen LogP contribution in [0.15, 0.2) is 18.2 Å². The highest BCUT2D eigenvalue weighted by Gasteiger charge is 2.15. The van der Waals surface area contributed by atoms with E-state index >= 15 is 0 Å². The minimum atomic E-state index is -3.32. The summed E-state index contributed by atoms with van der Waals surface area (Å²) in [7, 11) is -3.32. The second-order valence-corrected chi connectivity index (χ2v) is 6.74. The molecule has 0 bridgehead atoms. The first kappa shape index (κ1) is 15.5. The van der Waals surface area contributed by atoms with Gasteiger partial charge >= 0.3 is 0 Å². The lowest BCUT2D eigenvalue weighted by Crippen LogP contribution is -2.22. The molecular formula is C14H19NO3S. The van der Waals surface area contributed by atoms with Crippen LogP contribution >= 0.6 is 0 Å². The van der Waals surface area contributed by atoms with Gasteiger partial charge < -0.3 is 5.11 Å². The Bertz CT molecular complexity index is 595. The van der Waals surface area contributed by atoms with E-state index in [4.69, 9.17) is 5.11 Å². The van der Waals surface area contributed by atoms with Crippen molar-refractivity contribution in [3.8, 4) is 11.8 Å². The maximum atomic E-state index is 11.7. The molecule has 0 saturated carbocycles. The Labute approximate surface area is 114 Å². The first-order chi connectivity index (χ1) is 8.86. The first-order valence-corrected chi connectivity index (χ1v) is 7.63. The zero-order valence-electron chi connectivity index (χ0n) is 11.4. The molecule has 0 atom stereocenters. The van der Waals surface area contributed by atoms with Crippen molar-refractivity contribution >= 4 is 15.7 Å². The van der Waals surface area contributed by atoms with Gasteiger partial charge in [0.2, 0.25) is 10.0 Å². The van der Waals surface area contributed by atoms with E-state index in [1.54, 1.807) is 32.0 Å². The van der Waals surface area contributed by atoms with Crippen molar-refractivity contribution in [3.05, 3.63) is 29.3 Å². The number of nitrogens with one attached hydrogen (secondary N) is 1. The lowest BCUT2D eigenvalue weighted by Gasteiger charge is -2.11. The molecule has 0 radical (unpaired) electrons. The molecule has 0 saturated heterocycles. The van der Waals surface area contributed by atoms with Crippen LogP contribution in [0.2, 0.25) is 0 Å². The van der Waals surface area contributed by atoms with E-state index in [0.29, 0.717) is 12.1 Å². The molecule has 1 aromatic carbocycles. The van der Waals surface area contributed by atoms with Crippen molar-refractivity contribution in [1.82, 2.24) is 0 Å². The molecule has 1 rings (SSSR count). The van der Waals surface area contributed by atoms with Gasteiger partial charge in [0.15, 0.2) is 0 Å². The Kier molecular flexibility index (Phi) is 5.40. The number of benzene rings is 1. The third-order valence-corrected chi connectivity index (χ3v) is 4.33. The Balaban J connectivity index is 2.93. The minimum absolute atomic E-state index is 0.0400. The fraction of sp³-hybridized carbons (Fsp3) is 0.429. The molecule has 1 aromatic rings. The largest absolute Gasteiger partial charge is 0.395 e. The van der Waals surface area contributed by atoms with Gasteiger partial charge in [-0.25, -0.2) is 8.42 Å². The summed E-state index contributed by atoms with van der Waals surface area (Å²) in [5.74, 6) is 5.78. The topological polar surface area (TPSA) is 66.4 Å². The summed E-state index contributed by atoms with van der Waals surface area (Å²) in [6, 6.07) is 5.22. The molecule has 0 fully saturated rings. The Morgan fingerprint density at radius 2 is 2.05 bits per heavy atom. The highest BCUT2D eigenvalue weighted by atomic mass is 32.2. The van der Waals surface area contributed by atoms with Crippen molar-refractivity contribution in [2.24, 2.45) is 0 Å². The number of aryl methyl sites for hydroxylation is 1. The van der Waals surface area contributed by atoms with E-state index in [1.165, 1.54) is 0 Å². The average Bonchev–Trinajstić information content (AvgIpc) is 2.31. The summed E-state index contributed by atoms with van der Waals surface area (Å²) in [5.41, 5.74) is 2.27. The summed E-state index contributed by atoms with van der Waals surface area (Å²) in [6.07, 6.45) is 0.432. The van der Waals surface area contributed by atoms with E-state index in [9.17, 15) is 8.42 Å². The summed E-state index contributed by atoms with van der Waals surface area (Å²) in [6.45, 7) is 5.17. The molecular weight excluding hydrogens is 262 g/mol.